The van der Waals surface area contributed by atoms with Crippen molar-refractivity contribution in [2.24, 2.45) is 0 Å². The van der Waals surface area contributed by atoms with Crippen LogP contribution >= 0.6 is 39.3 Å². The normalized spacial score (nSPS) is 13.0. The van der Waals surface area contributed by atoms with Gasteiger partial charge in [0.2, 0.25) is 0 Å². The van der Waals surface area contributed by atoms with Gasteiger partial charge in [-0.3, -0.25) is 0 Å². The Balaban J connectivity index is 2.16. The van der Waals surface area contributed by atoms with Gasteiger partial charge < -0.3 is 0 Å². The quantitative estimate of drug-likeness (QED) is 0.669. The van der Waals surface area contributed by atoms with E-state index in [9.17, 15) is 0 Å². The van der Waals surface area contributed by atoms with E-state index in [-0.39, 0.29) is 4.83 Å². The summed E-state index contributed by atoms with van der Waals surface area (Å²) in [6.45, 7) is 2.08. The molecule has 0 saturated carbocycles. The third-order valence-corrected chi connectivity index (χ3v) is 4.74. The molecule has 3 rings (SSSR count). The van der Waals surface area contributed by atoms with Gasteiger partial charge in [-0.25, -0.2) is 4.68 Å². The van der Waals surface area contributed by atoms with Crippen molar-refractivity contribution in [3.8, 4) is 5.69 Å². The molecule has 98 valence electrons. The highest BCUT2D eigenvalue weighted by atomic mass is 79.9. The van der Waals surface area contributed by atoms with Crippen LogP contribution in [0.3, 0.4) is 0 Å². The summed E-state index contributed by atoms with van der Waals surface area (Å²) in [5.74, 6) is 0. The molecule has 0 aliphatic carbocycles. The van der Waals surface area contributed by atoms with E-state index in [4.69, 9.17) is 11.6 Å². The number of alkyl halides is 1. The van der Waals surface area contributed by atoms with Gasteiger partial charge in [-0.2, -0.15) is 8.75 Å². The maximum atomic E-state index is 6.25. The zero-order valence-electron chi connectivity index (χ0n) is 9.92. The monoisotopic (exact) mass is 357 g/mol. The summed E-state index contributed by atoms with van der Waals surface area (Å²) in [6.07, 6.45) is 2.80. The highest BCUT2D eigenvalue weighted by Crippen LogP contribution is 2.30. The van der Waals surface area contributed by atoms with Crippen molar-refractivity contribution in [1.29, 1.82) is 0 Å². The Morgan fingerprint density at radius 1 is 1.42 bits per heavy atom. The standard InChI is InChI=1S/C11H9BrClN5S/c1-2-6(12)9-5-18(17-14-9)11-7(13)3-4-8-10(11)16-19-15-8/h3-6H,2H2,1H3. The van der Waals surface area contributed by atoms with Gasteiger partial charge >= 0.3 is 0 Å². The Bertz CT molecular complexity index is 725. The van der Waals surface area contributed by atoms with Gasteiger partial charge in [0.05, 0.1) is 33.5 Å². The second kappa shape index (κ2) is 5.15. The van der Waals surface area contributed by atoms with Crippen molar-refractivity contribution < 1.29 is 0 Å². The highest BCUT2D eigenvalue weighted by Gasteiger charge is 2.16. The number of nitrogens with zero attached hydrogens (tertiary/aromatic N) is 5. The molecule has 1 unspecified atom stereocenters. The van der Waals surface area contributed by atoms with Crippen LogP contribution in [-0.2, 0) is 0 Å². The summed E-state index contributed by atoms with van der Waals surface area (Å²) < 4.78 is 10.1. The smallest absolute Gasteiger partial charge is 0.132 e. The summed E-state index contributed by atoms with van der Waals surface area (Å²) >= 11 is 11.0. The average Bonchev–Trinajstić information content (AvgIpc) is 3.06. The first-order valence-electron chi connectivity index (χ1n) is 5.68. The van der Waals surface area contributed by atoms with Crippen LogP contribution < -0.4 is 0 Å². The third kappa shape index (κ3) is 2.26. The van der Waals surface area contributed by atoms with Gasteiger partial charge in [0, 0.05) is 0 Å². The Morgan fingerprint density at radius 2 is 2.26 bits per heavy atom. The molecule has 0 saturated heterocycles. The van der Waals surface area contributed by atoms with Crippen LogP contribution in [-0.4, -0.2) is 23.7 Å². The molecule has 0 N–H and O–H groups in total. The van der Waals surface area contributed by atoms with Gasteiger partial charge in [0.25, 0.3) is 0 Å². The molecular formula is C11H9BrClN5S. The Labute approximate surface area is 127 Å². The summed E-state index contributed by atoms with van der Waals surface area (Å²) in [5.41, 5.74) is 3.16. The van der Waals surface area contributed by atoms with E-state index in [2.05, 4.69) is 41.9 Å². The molecule has 1 atom stereocenters. The zero-order chi connectivity index (χ0) is 13.4. The number of rotatable bonds is 3. The third-order valence-electron chi connectivity index (χ3n) is 2.77. The van der Waals surface area contributed by atoms with E-state index >= 15 is 0 Å². The van der Waals surface area contributed by atoms with Crippen molar-refractivity contribution in [2.45, 2.75) is 18.2 Å². The number of fused-ring (bicyclic) bond motifs is 1. The van der Waals surface area contributed by atoms with E-state index < -0.39 is 0 Å². The van der Waals surface area contributed by atoms with Gasteiger partial charge in [-0.05, 0) is 18.6 Å². The fourth-order valence-electron chi connectivity index (χ4n) is 1.77. The van der Waals surface area contributed by atoms with Crippen molar-refractivity contribution >= 4 is 50.3 Å². The molecule has 5 nitrogen and oxygen atoms in total. The molecule has 0 bridgehead atoms. The summed E-state index contributed by atoms with van der Waals surface area (Å²) in [7, 11) is 0. The van der Waals surface area contributed by atoms with Gasteiger partial charge in [0.15, 0.2) is 0 Å². The number of aromatic nitrogens is 5. The largest absolute Gasteiger partial charge is 0.217 e. The molecule has 0 aliphatic rings. The van der Waals surface area contributed by atoms with E-state index in [1.807, 2.05) is 12.3 Å². The van der Waals surface area contributed by atoms with Crippen molar-refractivity contribution in [3.63, 3.8) is 0 Å². The summed E-state index contributed by atoms with van der Waals surface area (Å²) in [6, 6.07) is 3.65. The van der Waals surface area contributed by atoms with E-state index in [0.29, 0.717) is 5.02 Å². The molecule has 1 aromatic carbocycles. The molecule has 0 spiro atoms. The van der Waals surface area contributed by atoms with Crippen LogP contribution in [0, 0.1) is 0 Å². The number of hydrogen-bond acceptors (Lipinski definition) is 5. The van der Waals surface area contributed by atoms with Crippen LogP contribution in [0.4, 0.5) is 0 Å². The molecule has 0 radical (unpaired) electrons. The predicted octanol–water partition coefficient (Wildman–Crippen LogP) is 3.77. The lowest BCUT2D eigenvalue weighted by molar-refractivity contribution is 0.793. The maximum absolute atomic E-state index is 6.25. The van der Waals surface area contributed by atoms with Crippen LogP contribution in [0.5, 0.6) is 0 Å². The van der Waals surface area contributed by atoms with Crippen LogP contribution in [0.15, 0.2) is 18.3 Å². The van der Waals surface area contributed by atoms with Gasteiger partial charge in [-0.1, -0.05) is 39.7 Å². The fraction of sp³-hybridized carbons (Fsp3) is 0.273. The minimum Gasteiger partial charge on any atom is -0.217 e. The molecule has 19 heavy (non-hydrogen) atoms. The van der Waals surface area contributed by atoms with E-state index in [1.54, 1.807) is 10.7 Å². The number of halogens is 2. The molecule has 2 heterocycles. The molecule has 0 amide bonds. The zero-order valence-corrected chi connectivity index (χ0v) is 13.1. The molecule has 8 heteroatoms. The lowest BCUT2D eigenvalue weighted by Crippen LogP contribution is -1.97. The lowest BCUT2D eigenvalue weighted by Gasteiger charge is -2.03. The molecular weight excluding hydrogens is 350 g/mol. The summed E-state index contributed by atoms with van der Waals surface area (Å²) in [4.78, 5) is 0.188. The average molecular weight is 359 g/mol. The Morgan fingerprint density at radius 3 is 3.05 bits per heavy atom. The van der Waals surface area contributed by atoms with E-state index in [0.717, 1.165) is 40.6 Å². The molecule has 0 aliphatic heterocycles. The van der Waals surface area contributed by atoms with Crippen LogP contribution in [0.2, 0.25) is 5.02 Å². The highest BCUT2D eigenvalue weighted by molar-refractivity contribution is 9.09. The Kier molecular flexibility index (Phi) is 3.51. The first kappa shape index (κ1) is 13.0. The number of hydrogen-bond donors (Lipinski definition) is 0. The van der Waals surface area contributed by atoms with Crippen molar-refractivity contribution in [3.05, 3.63) is 29.0 Å². The topological polar surface area (TPSA) is 56.5 Å². The van der Waals surface area contributed by atoms with Gasteiger partial charge in [0.1, 0.15) is 16.7 Å². The lowest BCUT2D eigenvalue weighted by atomic mass is 10.2. The van der Waals surface area contributed by atoms with Gasteiger partial charge in [-0.15, -0.1) is 5.10 Å². The van der Waals surface area contributed by atoms with Crippen molar-refractivity contribution in [1.82, 2.24) is 23.7 Å². The predicted molar refractivity (Wildman–Crippen MR) is 79.3 cm³/mol. The molecule has 0 fully saturated rings. The minimum absolute atomic E-state index is 0.188. The van der Waals surface area contributed by atoms with Crippen LogP contribution in [0.1, 0.15) is 23.9 Å². The van der Waals surface area contributed by atoms with Crippen LogP contribution in [0.25, 0.3) is 16.7 Å². The number of benzene rings is 1. The van der Waals surface area contributed by atoms with Crippen molar-refractivity contribution in [2.75, 3.05) is 0 Å². The fourth-order valence-corrected chi connectivity index (χ4v) is 2.76. The van der Waals surface area contributed by atoms with E-state index in [1.165, 1.54) is 0 Å². The first-order chi connectivity index (χ1) is 9.20. The maximum Gasteiger partial charge on any atom is 0.132 e. The first-order valence-corrected chi connectivity index (χ1v) is 7.70. The second-order valence-electron chi connectivity index (χ2n) is 3.99. The minimum atomic E-state index is 0.188. The summed E-state index contributed by atoms with van der Waals surface area (Å²) in [5, 5.41) is 8.88. The molecule has 2 aromatic heterocycles. The Hall–Kier alpha value is -1.05. The second-order valence-corrected chi connectivity index (χ2v) is 6.03. The molecule has 3 aromatic rings. The SMILES string of the molecule is CCC(Br)c1cn(-c2c(Cl)ccc3nsnc23)nn1.